The van der Waals surface area contributed by atoms with Crippen LogP contribution >= 0.6 is 15.9 Å². The molecule has 0 bridgehead atoms. The summed E-state index contributed by atoms with van der Waals surface area (Å²) in [5.41, 5.74) is 0.184. The maximum atomic E-state index is 13.3. The van der Waals surface area contributed by atoms with Crippen LogP contribution in [0, 0.1) is 5.82 Å². The van der Waals surface area contributed by atoms with Gasteiger partial charge < -0.3 is 5.11 Å². The molecule has 0 aromatic heterocycles. The van der Waals surface area contributed by atoms with Crippen LogP contribution in [0.1, 0.15) is 12.0 Å². The van der Waals surface area contributed by atoms with E-state index in [2.05, 4.69) is 20.7 Å². The van der Waals surface area contributed by atoms with E-state index in [1.54, 1.807) is 0 Å². The zero-order valence-corrected chi connectivity index (χ0v) is 11.6. The van der Waals surface area contributed by atoms with Crippen LogP contribution in [0.25, 0.3) is 0 Å². The summed E-state index contributed by atoms with van der Waals surface area (Å²) >= 11 is 3.14. The lowest BCUT2D eigenvalue weighted by atomic mass is 10.2. The molecule has 0 atom stereocenters. The molecule has 1 aromatic rings. The number of aliphatic carboxylic acids is 1. The fourth-order valence-electron chi connectivity index (χ4n) is 1.16. The molecule has 0 aliphatic rings. The summed E-state index contributed by atoms with van der Waals surface area (Å²) in [5.74, 6) is -2.26. The third kappa shape index (κ3) is 5.11. The Bertz CT molecular complexity index is 547. The Balaban J connectivity index is 2.64. The maximum Gasteiger partial charge on any atom is 0.304 e. The van der Waals surface area contributed by atoms with Gasteiger partial charge in [-0.1, -0.05) is 15.9 Å². The molecule has 0 spiro atoms. The van der Waals surface area contributed by atoms with E-state index in [4.69, 9.17) is 5.11 Å². The van der Waals surface area contributed by atoms with Gasteiger partial charge in [0.15, 0.2) is 0 Å². The van der Waals surface area contributed by atoms with Gasteiger partial charge in [0.25, 0.3) is 0 Å². The molecule has 0 radical (unpaired) electrons. The van der Waals surface area contributed by atoms with E-state index in [-0.39, 0.29) is 12.1 Å². The summed E-state index contributed by atoms with van der Waals surface area (Å²) in [5, 5.41) is 8.38. The average Bonchev–Trinajstić information content (AvgIpc) is 2.28. The third-order valence-electron chi connectivity index (χ3n) is 2.07. The number of benzene rings is 1. The molecule has 1 rings (SSSR count). The van der Waals surface area contributed by atoms with Crippen molar-refractivity contribution >= 4 is 31.9 Å². The summed E-state index contributed by atoms with van der Waals surface area (Å²) in [7, 11) is -3.72. The largest absolute Gasteiger partial charge is 0.481 e. The molecular formula is C10H11BrFNO4S. The SMILES string of the molecule is O=C(O)CCS(=O)(=O)NCc1cc(Br)ccc1F. The summed E-state index contributed by atoms with van der Waals surface area (Å²) < 4.78 is 38.9. The van der Waals surface area contributed by atoms with Gasteiger partial charge in [-0.25, -0.2) is 17.5 Å². The topological polar surface area (TPSA) is 83.5 Å². The molecule has 8 heteroatoms. The molecule has 2 N–H and O–H groups in total. The zero-order chi connectivity index (χ0) is 13.8. The monoisotopic (exact) mass is 339 g/mol. The maximum absolute atomic E-state index is 13.3. The predicted molar refractivity (Wildman–Crippen MR) is 67.0 cm³/mol. The Kier molecular flexibility index (Phi) is 5.24. The standard InChI is InChI=1S/C10H11BrFNO4S/c11-8-1-2-9(12)7(5-8)6-13-18(16,17)4-3-10(14)15/h1-2,5,13H,3-4,6H2,(H,14,15). The number of carboxylic acids is 1. The lowest BCUT2D eigenvalue weighted by Gasteiger charge is -2.07. The van der Waals surface area contributed by atoms with Crippen LogP contribution in [0.3, 0.4) is 0 Å². The van der Waals surface area contributed by atoms with Crippen molar-refractivity contribution in [3.05, 3.63) is 34.1 Å². The quantitative estimate of drug-likeness (QED) is 0.822. The Labute approximate surface area is 112 Å². The number of carbonyl (C=O) groups is 1. The molecule has 18 heavy (non-hydrogen) atoms. The van der Waals surface area contributed by atoms with Crippen LogP contribution in [-0.4, -0.2) is 25.2 Å². The molecule has 0 aliphatic carbocycles. The number of hydrogen-bond donors (Lipinski definition) is 2. The number of hydrogen-bond acceptors (Lipinski definition) is 3. The highest BCUT2D eigenvalue weighted by Gasteiger charge is 2.13. The van der Waals surface area contributed by atoms with Crippen LogP contribution in [0.5, 0.6) is 0 Å². The van der Waals surface area contributed by atoms with E-state index in [1.165, 1.54) is 18.2 Å². The molecule has 0 saturated heterocycles. The highest BCUT2D eigenvalue weighted by Crippen LogP contribution is 2.15. The second-order valence-electron chi connectivity index (χ2n) is 3.52. The minimum atomic E-state index is -3.72. The van der Waals surface area contributed by atoms with Crippen molar-refractivity contribution in [2.45, 2.75) is 13.0 Å². The van der Waals surface area contributed by atoms with Crippen LogP contribution in [0.4, 0.5) is 4.39 Å². The highest BCUT2D eigenvalue weighted by molar-refractivity contribution is 9.10. The summed E-state index contributed by atoms with van der Waals surface area (Å²) in [6, 6.07) is 4.16. The first-order valence-electron chi connectivity index (χ1n) is 4.93. The lowest BCUT2D eigenvalue weighted by Crippen LogP contribution is -2.27. The first-order valence-corrected chi connectivity index (χ1v) is 7.38. The van der Waals surface area contributed by atoms with Crippen LogP contribution < -0.4 is 4.72 Å². The molecule has 0 aliphatic heterocycles. The second kappa shape index (κ2) is 6.26. The van der Waals surface area contributed by atoms with Crippen molar-refractivity contribution in [2.75, 3.05) is 5.75 Å². The lowest BCUT2D eigenvalue weighted by molar-refractivity contribution is -0.136. The fraction of sp³-hybridized carbons (Fsp3) is 0.300. The van der Waals surface area contributed by atoms with Gasteiger partial charge in [0.2, 0.25) is 10.0 Å². The van der Waals surface area contributed by atoms with E-state index in [0.717, 1.165) is 0 Å². The van der Waals surface area contributed by atoms with Crippen LogP contribution in [0.15, 0.2) is 22.7 Å². The molecule has 0 saturated carbocycles. The van der Waals surface area contributed by atoms with E-state index < -0.39 is 34.0 Å². The average molecular weight is 340 g/mol. The van der Waals surface area contributed by atoms with Crippen molar-refractivity contribution < 1.29 is 22.7 Å². The van der Waals surface area contributed by atoms with Gasteiger partial charge in [-0.2, -0.15) is 0 Å². The number of carboxylic acid groups (broad SMARTS) is 1. The molecule has 0 amide bonds. The minimum absolute atomic E-state index is 0.184. The van der Waals surface area contributed by atoms with Crippen molar-refractivity contribution in [1.82, 2.24) is 4.72 Å². The number of nitrogens with one attached hydrogen (secondary N) is 1. The molecule has 0 fully saturated rings. The van der Waals surface area contributed by atoms with Gasteiger partial charge in [0, 0.05) is 16.6 Å². The van der Waals surface area contributed by atoms with E-state index >= 15 is 0 Å². The zero-order valence-electron chi connectivity index (χ0n) is 9.19. The van der Waals surface area contributed by atoms with E-state index in [0.29, 0.717) is 4.47 Å². The van der Waals surface area contributed by atoms with Gasteiger partial charge in [-0.3, -0.25) is 4.79 Å². The van der Waals surface area contributed by atoms with Crippen molar-refractivity contribution in [3.63, 3.8) is 0 Å². The molecule has 0 unspecified atom stereocenters. The number of halogens is 2. The molecule has 5 nitrogen and oxygen atoms in total. The summed E-state index contributed by atoms with van der Waals surface area (Å²) in [6.07, 6.45) is -0.490. The molecular weight excluding hydrogens is 329 g/mol. The van der Waals surface area contributed by atoms with E-state index in [1.807, 2.05) is 0 Å². The molecule has 100 valence electrons. The van der Waals surface area contributed by atoms with Gasteiger partial charge in [-0.15, -0.1) is 0 Å². The fourth-order valence-corrected chi connectivity index (χ4v) is 2.53. The Hall–Kier alpha value is -0.990. The number of rotatable bonds is 6. The number of sulfonamides is 1. The van der Waals surface area contributed by atoms with Gasteiger partial charge in [-0.05, 0) is 18.2 Å². The summed E-state index contributed by atoms with van der Waals surface area (Å²) in [6.45, 7) is -0.215. The third-order valence-corrected chi connectivity index (χ3v) is 3.89. The minimum Gasteiger partial charge on any atom is -0.481 e. The Morgan fingerprint density at radius 1 is 1.44 bits per heavy atom. The van der Waals surface area contributed by atoms with Crippen molar-refractivity contribution in [3.8, 4) is 0 Å². The Morgan fingerprint density at radius 2 is 2.11 bits per heavy atom. The van der Waals surface area contributed by atoms with Gasteiger partial charge in [0.1, 0.15) is 5.82 Å². The van der Waals surface area contributed by atoms with Gasteiger partial charge in [0.05, 0.1) is 12.2 Å². The van der Waals surface area contributed by atoms with Crippen LogP contribution in [-0.2, 0) is 21.4 Å². The first kappa shape index (κ1) is 15.1. The molecule has 0 heterocycles. The second-order valence-corrected chi connectivity index (χ2v) is 6.36. The van der Waals surface area contributed by atoms with Crippen molar-refractivity contribution in [1.29, 1.82) is 0 Å². The first-order chi connectivity index (χ1) is 8.30. The summed E-state index contributed by atoms with van der Waals surface area (Å²) in [4.78, 5) is 10.3. The Morgan fingerprint density at radius 3 is 2.72 bits per heavy atom. The highest BCUT2D eigenvalue weighted by atomic mass is 79.9. The smallest absolute Gasteiger partial charge is 0.304 e. The van der Waals surface area contributed by atoms with Gasteiger partial charge >= 0.3 is 5.97 Å². The van der Waals surface area contributed by atoms with Crippen molar-refractivity contribution in [2.24, 2.45) is 0 Å². The molecule has 1 aromatic carbocycles. The van der Waals surface area contributed by atoms with E-state index in [9.17, 15) is 17.6 Å². The van der Waals surface area contributed by atoms with Crippen LogP contribution in [0.2, 0.25) is 0 Å². The normalized spacial score (nSPS) is 11.4. The predicted octanol–water partition coefficient (Wildman–Crippen LogP) is 1.48.